The van der Waals surface area contributed by atoms with Crippen molar-refractivity contribution in [1.82, 2.24) is 0 Å². The Morgan fingerprint density at radius 3 is 2.25 bits per heavy atom. The highest BCUT2D eigenvalue weighted by Crippen LogP contribution is 2.38. The highest BCUT2D eigenvalue weighted by molar-refractivity contribution is 5.85. The number of nitrogens with two attached hydrogens (primary N) is 1. The lowest BCUT2D eigenvalue weighted by Gasteiger charge is -2.26. The number of aliphatic hydroxyl groups excluding tert-OH is 1. The lowest BCUT2D eigenvalue weighted by molar-refractivity contribution is -0.138. The highest BCUT2D eigenvalue weighted by atomic mass is 35.5. The van der Waals surface area contributed by atoms with Gasteiger partial charge in [0.15, 0.2) is 0 Å². The summed E-state index contributed by atoms with van der Waals surface area (Å²) in [5, 5.41) is 10.2. The molecule has 1 aromatic rings. The van der Waals surface area contributed by atoms with Gasteiger partial charge in [0.25, 0.3) is 0 Å². The number of alkyl halides is 3. The van der Waals surface area contributed by atoms with Crippen molar-refractivity contribution >= 4 is 12.4 Å². The molecule has 0 spiro atoms. The summed E-state index contributed by atoms with van der Waals surface area (Å²) in [4.78, 5) is 0. The quantitative estimate of drug-likeness (QED) is 0.894. The summed E-state index contributed by atoms with van der Waals surface area (Å²) in [7, 11) is 0. The van der Waals surface area contributed by atoms with Crippen molar-refractivity contribution < 1.29 is 18.3 Å². The lowest BCUT2D eigenvalue weighted by Crippen LogP contribution is -2.33. The summed E-state index contributed by atoms with van der Waals surface area (Å²) in [6.07, 6.45) is -1.66. The van der Waals surface area contributed by atoms with E-state index in [0.717, 1.165) is 31.7 Å². The number of aliphatic hydroxyl groups is 1. The SMILES string of the molecule is Cl.N[C@H](c1ccccc1C(F)(F)F)[C@@H](O)C1CCCC1. The summed E-state index contributed by atoms with van der Waals surface area (Å²) < 4.78 is 38.7. The smallest absolute Gasteiger partial charge is 0.391 e. The maximum absolute atomic E-state index is 12.9. The van der Waals surface area contributed by atoms with Crippen LogP contribution in [0.5, 0.6) is 0 Å². The Morgan fingerprint density at radius 2 is 1.70 bits per heavy atom. The molecule has 1 fully saturated rings. The first-order chi connectivity index (χ1) is 8.91. The zero-order valence-corrected chi connectivity index (χ0v) is 11.8. The summed E-state index contributed by atoms with van der Waals surface area (Å²) in [5.41, 5.74) is 5.10. The number of hydrogen-bond donors (Lipinski definition) is 2. The summed E-state index contributed by atoms with van der Waals surface area (Å²) in [5.74, 6) is 0.0105. The second-order valence-corrected chi connectivity index (χ2v) is 5.15. The molecule has 2 nitrogen and oxygen atoms in total. The van der Waals surface area contributed by atoms with Gasteiger partial charge in [0.05, 0.1) is 17.7 Å². The van der Waals surface area contributed by atoms with E-state index in [4.69, 9.17) is 5.73 Å². The van der Waals surface area contributed by atoms with Crippen LogP contribution in [0.2, 0.25) is 0 Å². The second kappa shape index (κ2) is 6.78. The van der Waals surface area contributed by atoms with Crippen LogP contribution in [-0.2, 0) is 6.18 Å². The minimum Gasteiger partial charge on any atom is -0.391 e. The van der Waals surface area contributed by atoms with Crippen LogP contribution in [0.25, 0.3) is 0 Å². The number of hydrogen-bond acceptors (Lipinski definition) is 2. The molecule has 1 aromatic carbocycles. The van der Waals surface area contributed by atoms with E-state index in [2.05, 4.69) is 0 Å². The summed E-state index contributed by atoms with van der Waals surface area (Å²) in [6, 6.07) is 4.23. The van der Waals surface area contributed by atoms with Crippen LogP contribution in [0, 0.1) is 5.92 Å². The third-order valence-corrected chi connectivity index (χ3v) is 3.88. The normalized spacial score (nSPS) is 19.4. The van der Waals surface area contributed by atoms with Crippen LogP contribution in [0.15, 0.2) is 24.3 Å². The van der Waals surface area contributed by atoms with E-state index < -0.39 is 23.9 Å². The van der Waals surface area contributed by atoms with Crippen molar-refractivity contribution in [3.63, 3.8) is 0 Å². The Kier molecular flexibility index (Phi) is 5.86. The van der Waals surface area contributed by atoms with E-state index in [9.17, 15) is 18.3 Å². The monoisotopic (exact) mass is 309 g/mol. The molecule has 0 unspecified atom stereocenters. The fourth-order valence-corrected chi connectivity index (χ4v) is 2.82. The van der Waals surface area contributed by atoms with E-state index in [1.807, 2.05) is 0 Å². The van der Waals surface area contributed by atoms with Crippen molar-refractivity contribution in [1.29, 1.82) is 0 Å². The van der Waals surface area contributed by atoms with E-state index >= 15 is 0 Å². The van der Waals surface area contributed by atoms with Crippen LogP contribution in [-0.4, -0.2) is 11.2 Å². The Labute approximate surface area is 122 Å². The number of rotatable bonds is 3. The maximum Gasteiger partial charge on any atom is 0.416 e. The molecule has 0 heterocycles. The molecule has 1 aliphatic carbocycles. The van der Waals surface area contributed by atoms with Crippen LogP contribution in [0.3, 0.4) is 0 Å². The first-order valence-corrected chi connectivity index (χ1v) is 6.51. The van der Waals surface area contributed by atoms with Gasteiger partial charge in [-0.1, -0.05) is 31.0 Å². The molecule has 0 radical (unpaired) electrons. The molecule has 3 N–H and O–H groups in total. The highest BCUT2D eigenvalue weighted by Gasteiger charge is 2.37. The zero-order chi connectivity index (χ0) is 14.0. The zero-order valence-electron chi connectivity index (χ0n) is 10.9. The second-order valence-electron chi connectivity index (χ2n) is 5.15. The van der Waals surface area contributed by atoms with Crippen molar-refractivity contribution in [3.8, 4) is 0 Å². The molecule has 1 aliphatic rings. The number of halogens is 4. The molecule has 0 amide bonds. The summed E-state index contributed by atoms with van der Waals surface area (Å²) in [6.45, 7) is 0. The van der Waals surface area contributed by atoms with Gasteiger partial charge in [-0.25, -0.2) is 0 Å². The molecule has 0 bridgehead atoms. The van der Waals surface area contributed by atoms with Gasteiger partial charge < -0.3 is 10.8 Å². The molecular formula is C14H19ClF3NO. The minimum atomic E-state index is -4.44. The van der Waals surface area contributed by atoms with Crippen molar-refractivity contribution in [2.24, 2.45) is 11.7 Å². The van der Waals surface area contributed by atoms with Crippen LogP contribution < -0.4 is 5.73 Å². The molecule has 114 valence electrons. The van der Waals surface area contributed by atoms with E-state index in [0.29, 0.717) is 0 Å². The first-order valence-electron chi connectivity index (χ1n) is 6.51. The van der Waals surface area contributed by atoms with Crippen molar-refractivity contribution in [2.75, 3.05) is 0 Å². The average Bonchev–Trinajstić information content (AvgIpc) is 2.90. The van der Waals surface area contributed by atoms with Gasteiger partial charge in [-0.2, -0.15) is 13.2 Å². The molecule has 2 atom stereocenters. The van der Waals surface area contributed by atoms with E-state index in [1.165, 1.54) is 18.2 Å². The standard InChI is InChI=1S/C14H18F3NO.ClH/c15-14(16,17)11-8-4-3-7-10(11)12(18)13(19)9-5-1-2-6-9;/h3-4,7-9,12-13,19H,1-2,5-6,18H2;1H/t12-,13+;/m1./s1. The van der Waals surface area contributed by atoms with Crippen LogP contribution in [0.4, 0.5) is 13.2 Å². The van der Waals surface area contributed by atoms with Gasteiger partial charge in [0.2, 0.25) is 0 Å². The van der Waals surface area contributed by atoms with Gasteiger partial charge >= 0.3 is 6.18 Å². The number of benzene rings is 1. The van der Waals surface area contributed by atoms with Gasteiger partial charge in [-0.05, 0) is 30.4 Å². The molecule has 20 heavy (non-hydrogen) atoms. The predicted molar refractivity (Wildman–Crippen MR) is 73.6 cm³/mol. The Balaban J connectivity index is 0.00000200. The lowest BCUT2D eigenvalue weighted by atomic mass is 9.88. The van der Waals surface area contributed by atoms with Gasteiger partial charge in [0.1, 0.15) is 0 Å². The third kappa shape index (κ3) is 3.65. The molecule has 6 heteroatoms. The van der Waals surface area contributed by atoms with E-state index in [1.54, 1.807) is 0 Å². The molecule has 0 aliphatic heterocycles. The van der Waals surface area contributed by atoms with E-state index in [-0.39, 0.29) is 23.9 Å². The van der Waals surface area contributed by atoms with Crippen LogP contribution in [0.1, 0.15) is 42.9 Å². The molecule has 0 saturated heterocycles. The maximum atomic E-state index is 12.9. The third-order valence-electron chi connectivity index (χ3n) is 3.88. The van der Waals surface area contributed by atoms with Crippen molar-refractivity contribution in [2.45, 2.75) is 44.0 Å². The first kappa shape index (κ1) is 17.3. The molecule has 2 rings (SSSR count). The minimum absolute atomic E-state index is 0. The Hall–Kier alpha value is -0.780. The fraction of sp³-hybridized carbons (Fsp3) is 0.571. The molecular weight excluding hydrogens is 291 g/mol. The largest absolute Gasteiger partial charge is 0.416 e. The summed E-state index contributed by atoms with van der Waals surface area (Å²) >= 11 is 0. The predicted octanol–water partition coefficient (Wildman–Crippen LogP) is 3.68. The molecule has 1 saturated carbocycles. The van der Waals surface area contributed by atoms with Gasteiger partial charge in [-0.15, -0.1) is 12.4 Å². The van der Waals surface area contributed by atoms with Gasteiger partial charge in [-0.3, -0.25) is 0 Å². The fourth-order valence-electron chi connectivity index (χ4n) is 2.82. The van der Waals surface area contributed by atoms with Crippen LogP contribution >= 0.6 is 12.4 Å². The average molecular weight is 310 g/mol. The topological polar surface area (TPSA) is 46.2 Å². The van der Waals surface area contributed by atoms with Crippen molar-refractivity contribution in [3.05, 3.63) is 35.4 Å². The van der Waals surface area contributed by atoms with Gasteiger partial charge in [0, 0.05) is 0 Å². The molecule has 0 aromatic heterocycles. The Morgan fingerprint density at radius 1 is 1.15 bits per heavy atom. The Bertz CT molecular complexity index is 433.